The monoisotopic (exact) mass is 214 g/mol. The van der Waals surface area contributed by atoms with E-state index in [1.807, 2.05) is 5.38 Å². The third kappa shape index (κ3) is 3.11. The molecule has 0 aromatic carbocycles. The minimum Gasteiger partial charge on any atom is -0.347 e. The van der Waals surface area contributed by atoms with Gasteiger partial charge in [0.1, 0.15) is 0 Å². The number of nitrogens with two attached hydrogens (primary N) is 1. The van der Waals surface area contributed by atoms with Crippen molar-refractivity contribution in [2.24, 2.45) is 5.84 Å². The summed E-state index contributed by atoms with van der Waals surface area (Å²) in [4.78, 5) is 25.5. The maximum absolute atomic E-state index is 10.9. The van der Waals surface area contributed by atoms with Gasteiger partial charge in [-0.25, -0.2) is 10.8 Å². The Kier molecular flexibility index (Phi) is 4.02. The lowest BCUT2D eigenvalue weighted by atomic mass is 10.4. The van der Waals surface area contributed by atoms with Crippen molar-refractivity contribution < 1.29 is 9.59 Å². The van der Waals surface area contributed by atoms with E-state index in [9.17, 15) is 9.59 Å². The standard InChI is InChI=1S/C7H10N4O2S/c8-11-7(13)6(12)10-2-1-5-9-3-4-14-5/h3-4H,1-2,8H2,(H,10,12)(H,11,13). The molecule has 2 amide bonds. The van der Waals surface area contributed by atoms with Crippen molar-refractivity contribution in [1.29, 1.82) is 0 Å². The number of thiazole rings is 1. The van der Waals surface area contributed by atoms with E-state index in [1.54, 1.807) is 11.6 Å². The zero-order chi connectivity index (χ0) is 10.4. The molecule has 0 fully saturated rings. The predicted molar refractivity (Wildman–Crippen MR) is 51.2 cm³/mol. The van der Waals surface area contributed by atoms with Crippen LogP contribution in [0.2, 0.25) is 0 Å². The van der Waals surface area contributed by atoms with Crippen molar-refractivity contribution in [3.05, 3.63) is 16.6 Å². The van der Waals surface area contributed by atoms with Crippen LogP contribution in [0.5, 0.6) is 0 Å². The number of hydrogen-bond donors (Lipinski definition) is 3. The molecule has 0 bridgehead atoms. The molecule has 0 spiro atoms. The zero-order valence-electron chi connectivity index (χ0n) is 7.32. The zero-order valence-corrected chi connectivity index (χ0v) is 8.13. The number of rotatable bonds is 3. The van der Waals surface area contributed by atoms with E-state index >= 15 is 0 Å². The molecule has 0 atom stereocenters. The number of hydrogen-bond acceptors (Lipinski definition) is 5. The molecule has 1 rings (SSSR count). The summed E-state index contributed by atoms with van der Waals surface area (Å²) < 4.78 is 0. The van der Waals surface area contributed by atoms with Gasteiger partial charge in [0.2, 0.25) is 0 Å². The lowest BCUT2D eigenvalue weighted by Gasteiger charge is -2.01. The summed E-state index contributed by atoms with van der Waals surface area (Å²) in [5, 5.41) is 5.17. The lowest BCUT2D eigenvalue weighted by molar-refractivity contribution is -0.139. The fourth-order valence-corrected chi connectivity index (χ4v) is 1.43. The first-order chi connectivity index (χ1) is 6.74. The van der Waals surface area contributed by atoms with Crippen molar-refractivity contribution in [1.82, 2.24) is 15.7 Å². The number of nitrogens with one attached hydrogen (secondary N) is 2. The van der Waals surface area contributed by atoms with E-state index in [4.69, 9.17) is 5.84 Å². The molecule has 0 unspecified atom stereocenters. The van der Waals surface area contributed by atoms with Crippen LogP contribution in [-0.2, 0) is 16.0 Å². The Bertz CT molecular complexity index is 311. The van der Waals surface area contributed by atoms with E-state index in [-0.39, 0.29) is 0 Å². The van der Waals surface area contributed by atoms with Crippen molar-refractivity contribution in [2.75, 3.05) is 6.54 Å². The van der Waals surface area contributed by atoms with E-state index in [1.165, 1.54) is 11.3 Å². The Labute approximate surface area is 84.5 Å². The molecular formula is C7H10N4O2S. The number of carbonyl (C=O) groups excluding carboxylic acids is 2. The van der Waals surface area contributed by atoms with Gasteiger partial charge in [-0.05, 0) is 0 Å². The Morgan fingerprint density at radius 1 is 1.50 bits per heavy atom. The predicted octanol–water partition coefficient (Wildman–Crippen LogP) is -1.21. The minimum absolute atomic E-state index is 0.375. The molecule has 76 valence electrons. The van der Waals surface area contributed by atoms with Gasteiger partial charge in [0.15, 0.2) is 0 Å². The highest BCUT2D eigenvalue weighted by Crippen LogP contribution is 2.03. The summed E-state index contributed by atoms with van der Waals surface area (Å²) in [5.41, 5.74) is 1.74. The highest BCUT2D eigenvalue weighted by atomic mass is 32.1. The Morgan fingerprint density at radius 3 is 2.86 bits per heavy atom. The summed E-state index contributed by atoms with van der Waals surface area (Å²) in [7, 11) is 0. The summed E-state index contributed by atoms with van der Waals surface area (Å²) in [6.07, 6.45) is 2.30. The van der Waals surface area contributed by atoms with Crippen LogP contribution in [0.3, 0.4) is 0 Å². The Hall–Kier alpha value is -1.47. The number of carbonyl (C=O) groups is 2. The maximum atomic E-state index is 10.9. The molecule has 7 heteroatoms. The van der Waals surface area contributed by atoms with Gasteiger partial charge in [0, 0.05) is 24.5 Å². The minimum atomic E-state index is -0.843. The lowest BCUT2D eigenvalue weighted by Crippen LogP contribution is -2.43. The number of amides is 2. The van der Waals surface area contributed by atoms with E-state index in [0.29, 0.717) is 13.0 Å². The van der Waals surface area contributed by atoms with Gasteiger partial charge in [0.05, 0.1) is 5.01 Å². The molecule has 0 aliphatic carbocycles. The first-order valence-corrected chi connectivity index (χ1v) is 4.79. The second-order valence-electron chi connectivity index (χ2n) is 2.41. The molecule has 0 saturated heterocycles. The molecule has 0 radical (unpaired) electrons. The van der Waals surface area contributed by atoms with Crippen molar-refractivity contribution >= 4 is 23.2 Å². The van der Waals surface area contributed by atoms with Gasteiger partial charge < -0.3 is 5.32 Å². The number of aromatic nitrogens is 1. The summed E-state index contributed by atoms with van der Waals surface area (Å²) in [6.45, 7) is 0.375. The van der Waals surface area contributed by atoms with E-state index in [2.05, 4.69) is 10.3 Å². The van der Waals surface area contributed by atoms with Crippen LogP contribution < -0.4 is 16.6 Å². The summed E-state index contributed by atoms with van der Waals surface area (Å²) in [5.74, 6) is 3.19. The van der Waals surface area contributed by atoms with Gasteiger partial charge in [0.25, 0.3) is 0 Å². The summed E-state index contributed by atoms with van der Waals surface area (Å²) in [6, 6.07) is 0. The quantitative estimate of drug-likeness (QED) is 0.254. The van der Waals surface area contributed by atoms with Crippen molar-refractivity contribution in [2.45, 2.75) is 6.42 Å². The molecule has 1 heterocycles. The van der Waals surface area contributed by atoms with Crippen LogP contribution in [0, 0.1) is 0 Å². The van der Waals surface area contributed by atoms with Crippen LogP contribution in [0.4, 0.5) is 0 Å². The number of hydrazine groups is 1. The van der Waals surface area contributed by atoms with Gasteiger partial charge in [-0.1, -0.05) is 0 Å². The molecule has 6 nitrogen and oxygen atoms in total. The van der Waals surface area contributed by atoms with E-state index < -0.39 is 11.8 Å². The molecule has 1 aromatic heterocycles. The van der Waals surface area contributed by atoms with Crippen LogP contribution in [0.15, 0.2) is 11.6 Å². The normalized spacial score (nSPS) is 9.50. The van der Waals surface area contributed by atoms with Gasteiger partial charge in [-0.15, -0.1) is 11.3 Å². The fraction of sp³-hybridized carbons (Fsp3) is 0.286. The first-order valence-electron chi connectivity index (χ1n) is 3.91. The second kappa shape index (κ2) is 5.30. The van der Waals surface area contributed by atoms with Crippen molar-refractivity contribution in [3.63, 3.8) is 0 Å². The van der Waals surface area contributed by atoms with E-state index in [0.717, 1.165) is 5.01 Å². The second-order valence-corrected chi connectivity index (χ2v) is 3.38. The topological polar surface area (TPSA) is 97.1 Å². The average molecular weight is 214 g/mol. The molecule has 0 saturated carbocycles. The molecular weight excluding hydrogens is 204 g/mol. The van der Waals surface area contributed by atoms with Gasteiger partial charge in [-0.2, -0.15) is 0 Å². The molecule has 4 N–H and O–H groups in total. The third-order valence-electron chi connectivity index (χ3n) is 1.45. The van der Waals surface area contributed by atoms with Gasteiger partial charge >= 0.3 is 11.8 Å². The Balaban J connectivity index is 2.22. The van der Waals surface area contributed by atoms with Crippen molar-refractivity contribution in [3.8, 4) is 0 Å². The molecule has 0 aliphatic heterocycles. The smallest absolute Gasteiger partial charge is 0.323 e. The van der Waals surface area contributed by atoms with Crippen LogP contribution >= 0.6 is 11.3 Å². The molecule has 0 aliphatic rings. The first kappa shape index (κ1) is 10.6. The van der Waals surface area contributed by atoms with Crippen LogP contribution in [0.1, 0.15) is 5.01 Å². The van der Waals surface area contributed by atoms with Crippen LogP contribution in [0.25, 0.3) is 0 Å². The average Bonchev–Trinajstić information content (AvgIpc) is 2.69. The molecule has 1 aromatic rings. The highest BCUT2D eigenvalue weighted by Gasteiger charge is 2.10. The van der Waals surface area contributed by atoms with Crippen LogP contribution in [-0.4, -0.2) is 23.3 Å². The summed E-state index contributed by atoms with van der Waals surface area (Å²) >= 11 is 1.50. The molecule has 14 heavy (non-hydrogen) atoms. The number of nitrogens with zero attached hydrogens (tertiary/aromatic N) is 1. The SMILES string of the molecule is NNC(=O)C(=O)NCCc1nccs1. The highest BCUT2D eigenvalue weighted by molar-refractivity contribution is 7.09. The fourth-order valence-electron chi connectivity index (χ4n) is 0.805. The maximum Gasteiger partial charge on any atom is 0.323 e. The largest absolute Gasteiger partial charge is 0.347 e. The Morgan fingerprint density at radius 2 is 2.29 bits per heavy atom. The van der Waals surface area contributed by atoms with Gasteiger partial charge in [-0.3, -0.25) is 15.0 Å². The third-order valence-corrected chi connectivity index (χ3v) is 2.28.